The number of hydrogen-bond donors (Lipinski definition) is 0. The van der Waals surface area contributed by atoms with Gasteiger partial charge in [-0.05, 0) is 55.4 Å². The van der Waals surface area contributed by atoms with Gasteiger partial charge in [-0.2, -0.15) is 0 Å². The zero-order valence-corrected chi connectivity index (χ0v) is 17.5. The van der Waals surface area contributed by atoms with E-state index in [0.29, 0.717) is 24.6 Å². The van der Waals surface area contributed by atoms with Gasteiger partial charge in [0.25, 0.3) is 5.91 Å². The van der Waals surface area contributed by atoms with E-state index in [1.54, 1.807) is 17.9 Å². The van der Waals surface area contributed by atoms with Gasteiger partial charge in [-0.1, -0.05) is 36.4 Å². The fraction of sp³-hybridized carbons (Fsp3) is 0.417. The number of esters is 1. The van der Waals surface area contributed by atoms with Crippen LogP contribution < -0.4 is 4.74 Å². The number of amides is 1. The molecule has 0 spiro atoms. The van der Waals surface area contributed by atoms with Crippen molar-refractivity contribution in [3.63, 3.8) is 0 Å². The summed E-state index contributed by atoms with van der Waals surface area (Å²) < 4.78 is 23.9. The fourth-order valence-electron chi connectivity index (χ4n) is 3.84. The summed E-state index contributed by atoms with van der Waals surface area (Å²) in [6.07, 6.45) is 1.94. The predicted molar refractivity (Wildman–Crippen MR) is 112 cm³/mol. The van der Waals surface area contributed by atoms with Crippen molar-refractivity contribution in [3.05, 3.63) is 65.5 Å². The van der Waals surface area contributed by atoms with E-state index < -0.39 is 17.9 Å². The molecule has 1 amide bonds. The Bertz CT molecular complexity index is 863. The second kappa shape index (κ2) is 10.2. The maximum absolute atomic E-state index is 13.8. The normalized spacial score (nSPS) is 15.5. The minimum absolute atomic E-state index is 0.0995. The van der Waals surface area contributed by atoms with Gasteiger partial charge in [-0.25, -0.2) is 4.39 Å². The molecule has 0 saturated carbocycles. The van der Waals surface area contributed by atoms with E-state index in [0.717, 1.165) is 19.3 Å². The summed E-state index contributed by atoms with van der Waals surface area (Å²) in [4.78, 5) is 26.6. The van der Waals surface area contributed by atoms with Gasteiger partial charge in [-0.15, -0.1) is 0 Å². The van der Waals surface area contributed by atoms with E-state index in [9.17, 15) is 14.0 Å². The van der Waals surface area contributed by atoms with Crippen LogP contribution in [0.5, 0.6) is 5.75 Å². The van der Waals surface area contributed by atoms with Crippen LogP contribution in [0.1, 0.15) is 30.9 Å². The average Bonchev–Trinajstić information content (AvgIpc) is 2.74. The Hall–Kier alpha value is -2.89. The van der Waals surface area contributed by atoms with Gasteiger partial charge in [0.05, 0.1) is 13.5 Å². The van der Waals surface area contributed by atoms with Crippen molar-refractivity contribution >= 4 is 11.9 Å². The fourth-order valence-corrected chi connectivity index (χ4v) is 3.84. The zero-order valence-electron chi connectivity index (χ0n) is 17.5. The van der Waals surface area contributed by atoms with Crippen molar-refractivity contribution in [2.24, 2.45) is 5.92 Å². The first-order chi connectivity index (χ1) is 14.5. The quantitative estimate of drug-likeness (QED) is 0.648. The molecule has 0 aromatic heterocycles. The Morgan fingerprint density at radius 1 is 1.10 bits per heavy atom. The lowest BCUT2D eigenvalue weighted by Gasteiger charge is -2.33. The van der Waals surface area contributed by atoms with Gasteiger partial charge in [-0.3, -0.25) is 9.59 Å². The molecular weight excluding hydrogens is 385 g/mol. The number of carbonyl (C=O) groups is 2. The number of halogens is 1. The SMILES string of the molecule is COc1ccc(CC(=O)O[C@@H](C)C(=O)N2CCC(Cc3ccccc3)CC2)cc1F. The summed E-state index contributed by atoms with van der Waals surface area (Å²) in [6.45, 7) is 2.93. The molecule has 1 aliphatic heterocycles. The molecule has 0 aliphatic carbocycles. The van der Waals surface area contributed by atoms with Crippen LogP contribution in [-0.4, -0.2) is 43.1 Å². The van der Waals surface area contributed by atoms with E-state index in [-0.39, 0.29) is 18.1 Å². The van der Waals surface area contributed by atoms with Crippen molar-refractivity contribution in [1.82, 2.24) is 4.90 Å². The highest BCUT2D eigenvalue weighted by Crippen LogP contribution is 2.23. The van der Waals surface area contributed by atoms with Crippen LogP contribution in [0.25, 0.3) is 0 Å². The molecule has 3 rings (SSSR count). The molecule has 30 heavy (non-hydrogen) atoms. The summed E-state index contributed by atoms with van der Waals surface area (Å²) in [7, 11) is 1.38. The molecule has 6 heteroatoms. The van der Waals surface area contributed by atoms with Crippen LogP contribution in [0.4, 0.5) is 4.39 Å². The molecule has 0 bridgehead atoms. The third kappa shape index (κ3) is 5.81. The van der Waals surface area contributed by atoms with Crippen LogP contribution in [-0.2, 0) is 27.2 Å². The molecule has 1 heterocycles. The molecule has 0 N–H and O–H groups in total. The topological polar surface area (TPSA) is 55.8 Å². The van der Waals surface area contributed by atoms with Crippen molar-refractivity contribution in [2.45, 2.75) is 38.7 Å². The number of rotatable bonds is 7. The van der Waals surface area contributed by atoms with Crippen LogP contribution in [0.3, 0.4) is 0 Å². The smallest absolute Gasteiger partial charge is 0.311 e. The lowest BCUT2D eigenvalue weighted by molar-refractivity contribution is -0.159. The van der Waals surface area contributed by atoms with E-state index in [1.807, 2.05) is 18.2 Å². The van der Waals surface area contributed by atoms with Crippen LogP contribution in [0, 0.1) is 11.7 Å². The Kier molecular flexibility index (Phi) is 7.44. The minimum atomic E-state index is -0.855. The lowest BCUT2D eigenvalue weighted by Crippen LogP contribution is -2.44. The Labute approximate surface area is 176 Å². The van der Waals surface area contributed by atoms with Gasteiger partial charge in [0, 0.05) is 13.1 Å². The first-order valence-electron chi connectivity index (χ1n) is 10.3. The minimum Gasteiger partial charge on any atom is -0.494 e. The molecule has 0 radical (unpaired) electrons. The number of ether oxygens (including phenoxy) is 2. The summed E-state index contributed by atoms with van der Waals surface area (Å²) >= 11 is 0. The molecule has 5 nitrogen and oxygen atoms in total. The maximum atomic E-state index is 13.8. The van der Waals surface area contributed by atoms with Gasteiger partial charge < -0.3 is 14.4 Å². The third-order valence-electron chi connectivity index (χ3n) is 5.51. The maximum Gasteiger partial charge on any atom is 0.311 e. The van der Waals surface area contributed by atoms with E-state index >= 15 is 0 Å². The highest BCUT2D eigenvalue weighted by Gasteiger charge is 2.28. The van der Waals surface area contributed by atoms with E-state index in [2.05, 4.69) is 12.1 Å². The number of nitrogens with zero attached hydrogens (tertiary/aromatic N) is 1. The number of likely N-dealkylation sites (tertiary alicyclic amines) is 1. The molecule has 1 saturated heterocycles. The second-order valence-corrected chi connectivity index (χ2v) is 7.74. The van der Waals surface area contributed by atoms with Crippen LogP contribution in [0.15, 0.2) is 48.5 Å². The number of methoxy groups -OCH3 is 1. The lowest BCUT2D eigenvalue weighted by atomic mass is 9.90. The van der Waals surface area contributed by atoms with Crippen LogP contribution >= 0.6 is 0 Å². The van der Waals surface area contributed by atoms with Gasteiger partial charge >= 0.3 is 5.97 Å². The molecule has 2 aromatic carbocycles. The Morgan fingerprint density at radius 3 is 2.43 bits per heavy atom. The van der Waals surface area contributed by atoms with Crippen LogP contribution in [0.2, 0.25) is 0 Å². The van der Waals surface area contributed by atoms with Crippen molar-refractivity contribution in [2.75, 3.05) is 20.2 Å². The number of benzene rings is 2. The second-order valence-electron chi connectivity index (χ2n) is 7.74. The summed E-state index contributed by atoms with van der Waals surface area (Å²) in [5.74, 6) is -0.599. The summed E-state index contributed by atoms with van der Waals surface area (Å²) in [5, 5.41) is 0. The van der Waals surface area contributed by atoms with Gasteiger partial charge in [0.2, 0.25) is 0 Å². The molecular formula is C24H28FNO4. The van der Waals surface area contributed by atoms with Crippen molar-refractivity contribution in [3.8, 4) is 5.75 Å². The highest BCUT2D eigenvalue weighted by molar-refractivity contribution is 5.84. The monoisotopic (exact) mass is 413 g/mol. The van der Waals surface area contributed by atoms with E-state index in [1.165, 1.54) is 24.8 Å². The molecule has 1 atom stereocenters. The molecule has 1 aliphatic rings. The summed E-state index contributed by atoms with van der Waals surface area (Å²) in [5.41, 5.74) is 1.79. The van der Waals surface area contributed by atoms with Gasteiger partial charge in [0.1, 0.15) is 0 Å². The van der Waals surface area contributed by atoms with E-state index in [4.69, 9.17) is 9.47 Å². The Morgan fingerprint density at radius 2 is 1.80 bits per heavy atom. The number of piperidine rings is 1. The first-order valence-corrected chi connectivity index (χ1v) is 10.3. The highest BCUT2D eigenvalue weighted by atomic mass is 19.1. The average molecular weight is 413 g/mol. The van der Waals surface area contributed by atoms with Crippen molar-refractivity contribution < 1.29 is 23.5 Å². The number of hydrogen-bond acceptors (Lipinski definition) is 4. The zero-order chi connectivity index (χ0) is 21.5. The van der Waals surface area contributed by atoms with Gasteiger partial charge in [0.15, 0.2) is 17.7 Å². The largest absolute Gasteiger partial charge is 0.494 e. The molecule has 1 fully saturated rings. The predicted octanol–water partition coefficient (Wildman–Crippen LogP) is 3.79. The molecule has 0 unspecified atom stereocenters. The summed E-state index contributed by atoms with van der Waals surface area (Å²) in [6, 6.07) is 14.7. The van der Waals surface area contributed by atoms with Crippen molar-refractivity contribution in [1.29, 1.82) is 0 Å². The molecule has 2 aromatic rings. The Balaban J connectivity index is 1.45. The third-order valence-corrected chi connectivity index (χ3v) is 5.51. The first kappa shape index (κ1) is 21.8. The standard InChI is InChI=1S/C24H28FNO4/c1-17(30-23(27)16-20-8-9-22(29-2)21(25)15-20)24(28)26-12-10-19(11-13-26)14-18-6-4-3-5-7-18/h3-9,15,17,19H,10-14,16H2,1-2H3/t17-/m0/s1. The number of carbonyl (C=O) groups excluding carboxylic acids is 2. The molecule has 160 valence electrons.